The van der Waals surface area contributed by atoms with E-state index in [1.807, 2.05) is 42.5 Å². The van der Waals surface area contributed by atoms with E-state index in [2.05, 4.69) is 42.7 Å². The summed E-state index contributed by atoms with van der Waals surface area (Å²) in [7, 11) is 0. The van der Waals surface area contributed by atoms with Gasteiger partial charge >= 0.3 is 0 Å². The number of thioether (sulfide) groups is 1. The predicted molar refractivity (Wildman–Crippen MR) is 121 cm³/mol. The number of amidine groups is 1. The van der Waals surface area contributed by atoms with Crippen molar-refractivity contribution in [2.24, 2.45) is 4.99 Å². The normalized spacial score (nSPS) is 13.6. The maximum atomic E-state index is 12.5. The molecule has 1 atom stereocenters. The summed E-state index contributed by atoms with van der Waals surface area (Å²) in [6.07, 6.45) is 1.04. The van der Waals surface area contributed by atoms with Crippen LogP contribution in [0.2, 0.25) is 0 Å². The highest BCUT2D eigenvalue weighted by molar-refractivity contribution is 8.14. The summed E-state index contributed by atoms with van der Waals surface area (Å²) in [6, 6.07) is 20.3. The number of anilines is 2. The maximum absolute atomic E-state index is 12.5. The summed E-state index contributed by atoms with van der Waals surface area (Å²) in [5.74, 6) is 0.687. The van der Waals surface area contributed by atoms with E-state index >= 15 is 0 Å². The number of hydrogen-bond donors (Lipinski definition) is 2. The van der Waals surface area contributed by atoms with Crippen LogP contribution in [0.4, 0.5) is 17.1 Å². The minimum absolute atomic E-state index is 0.0256. The number of benzene rings is 3. The highest BCUT2D eigenvalue weighted by atomic mass is 32.2. The minimum Gasteiger partial charge on any atom is -0.334 e. The Balaban J connectivity index is 1.45. The van der Waals surface area contributed by atoms with Crippen LogP contribution >= 0.6 is 11.8 Å². The number of para-hydroxylation sites is 1. The number of carbonyl (C=O) groups is 1. The summed E-state index contributed by atoms with van der Waals surface area (Å²) < 4.78 is 0. The molecule has 0 aliphatic carbocycles. The first-order valence-corrected chi connectivity index (χ1v) is 10.5. The van der Waals surface area contributed by atoms with Crippen molar-refractivity contribution in [3.63, 3.8) is 0 Å². The zero-order valence-electron chi connectivity index (χ0n) is 16.0. The molecular weight excluding hydrogens is 366 g/mol. The van der Waals surface area contributed by atoms with Gasteiger partial charge in [0, 0.05) is 11.1 Å². The van der Waals surface area contributed by atoms with Gasteiger partial charge in [0.2, 0.25) is 5.91 Å². The Labute approximate surface area is 169 Å². The molecule has 2 N–H and O–H groups in total. The van der Waals surface area contributed by atoms with Crippen molar-refractivity contribution in [2.75, 3.05) is 16.4 Å². The van der Waals surface area contributed by atoms with Gasteiger partial charge in [-0.2, -0.15) is 0 Å². The lowest BCUT2D eigenvalue weighted by Crippen LogP contribution is -2.19. The van der Waals surface area contributed by atoms with Crippen molar-refractivity contribution in [1.29, 1.82) is 0 Å². The number of rotatable bonds is 5. The molecular formula is C23H23N3OS. The molecule has 1 heterocycles. The molecule has 5 heteroatoms. The van der Waals surface area contributed by atoms with Gasteiger partial charge in [-0.25, -0.2) is 4.99 Å². The third-order valence-electron chi connectivity index (χ3n) is 5.06. The Morgan fingerprint density at radius 3 is 2.71 bits per heavy atom. The SMILES string of the molecule is CC[C@H](C)c1ccccc1NC(=O)CSC1=Nc2cccc3cccc(c23)N1. The fourth-order valence-corrected chi connectivity index (χ4v) is 4.11. The van der Waals surface area contributed by atoms with E-state index in [1.54, 1.807) is 0 Å². The van der Waals surface area contributed by atoms with Crippen LogP contribution < -0.4 is 10.6 Å². The first-order chi connectivity index (χ1) is 13.7. The Hall–Kier alpha value is -2.79. The average Bonchev–Trinajstić information content (AvgIpc) is 2.72. The number of hydrogen-bond acceptors (Lipinski definition) is 4. The van der Waals surface area contributed by atoms with Crippen LogP contribution in [0.3, 0.4) is 0 Å². The van der Waals surface area contributed by atoms with Gasteiger partial charge in [0.15, 0.2) is 5.17 Å². The van der Waals surface area contributed by atoms with E-state index in [1.165, 1.54) is 17.3 Å². The standard InChI is InChI=1S/C23H23N3OS/c1-3-15(2)17-10-4-5-11-18(17)24-21(27)14-28-23-25-19-12-6-8-16-9-7-13-20(26-23)22(16)19/h4-13,15H,3,14H2,1-2H3,(H,24,27)(H,25,26)/t15-/m0/s1. The molecule has 1 aliphatic heterocycles. The first-order valence-electron chi connectivity index (χ1n) is 9.54. The average molecular weight is 390 g/mol. The maximum Gasteiger partial charge on any atom is 0.234 e. The molecule has 4 rings (SSSR count). The fourth-order valence-electron chi connectivity index (χ4n) is 3.42. The number of amides is 1. The molecule has 0 fully saturated rings. The summed E-state index contributed by atoms with van der Waals surface area (Å²) in [6.45, 7) is 4.34. The molecule has 0 spiro atoms. The number of aliphatic imine (C=N–C) groups is 1. The second-order valence-electron chi connectivity index (χ2n) is 6.96. The van der Waals surface area contributed by atoms with E-state index in [0.717, 1.165) is 39.4 Å². The molecule has 4 nitrogen and oxygen atoms in total. The van der Waals surface area contributed by atoms with Crippen molar-refractivity contribution in [3.05, 3.63) is 66.2 Å². The summed E-state index contributed by atoms with van der Waals surface area (Å²) in [4.78, 5) is 17.2. The van der Waals surface area contributed by atoms with Gasteiger partial charge in [-0.3, -0.25) is 4.79 Å². The van der Waals surface area contributed by atoms with Gasteiger partial charge in [0.1, 0.15) is 0 Å². The third kappa shape index (κ3) is 3.76. The zero-order valence-corrected chi connectivity index (χ0v) is 16.8. The van der Waals surface area contributed by atoms with E-state index in [-0.39, 0.29) is 5.91 Å². The van der Waals surface area contributed by atoms with Crippen molar-refractivity contribution < 1.29 is 4.79 Å². The third-order valence-corrected chi connectivity index (χ3v) is 5.94. The molecule has 0 unspecified atom stereocenters. The van der Waals surface area contributed by atoms with Crippen molar-refractivity contribution in [2.45, 2.75) is 26.2 Å². The molecule has 0 saturated heterocycles. The highest BCUT2D eigenvalue weighted by Gasteiger charge is 2.16. The van der Waals surface area contributed by atoms with E-state index < -0.39 is 0 Å². The van der Waals surface area contributed by atoms with Gasteiger partial charge in [-0.05, 0) is 41.5 Å². The highest BCUT2D eigenvalue weighted by Crippen LogP contribution is 2.37. The molecule has 1 amide bonds. The Kier molecular flexibility index (Phi) is 5.35. The van der Waals surface area contributed by atoms with Crippen molar-refractivity contribution >= 4 is 50.7 Å². The summed E-state index contributed by atoms with van der Waals surface area (Å²) >= 11 is 1.42. The van der Waals surface area contributed by atoms with Crippen LogP contribution in [0.15, 0.2) is 65.7 Å². The first kappa shape index (κ1) is 18.6. The molecule has 0 saturated carbocycles. The smallest absolute Gasteiger partial charge is 0.234 e. The van der Waals surface area contributed by atoms with E-state index in [9.17, 15) is 4.79 Å². The van der Waals surface area contributed by atoms with Gasteiger partial charge < -0.3 is 10.6 Å². The van der Waals surface area contributed by atoms with Gasteiger partial charge in [-0.1, -0.05) is 68.1 Å². The quantitative estimate of drug-likeness (QED) is 0.551. The Morgan fingerprint density at radius 1 is 1.11 bits per heavy atom. The number of nitrogens with one attached hydrogen (secondary N) is 2. The minimum atomic E-state index is -0.0256. The van der Waals surface area contributed by atoms with E-state index in [0.29, 0.717) is 11.7 Å². The second-order valence-corrected chi connectivity index (χ2v) is 7.92. The summed E-state index contributed by atoms with van der Waals surface area (Å²) in [5, 5.41) is 9.45. The fraction of sp³-hybridized carbons (Fsp3) is 0.217. The second kappa shape index (κ2) is 8.07. The van der Waals surface area contributed by atoms with Crippen molar-refractivity contribution in [1.82, 2.24) is 0 Å². The van der Waals surface area contributed by atoms with Crippen molar-refractivity contribution in [3.8, 4) is 0 Å². The van der Waals surface area contributed by atoms with Crippen LogP contribution in [0.5, 0.6) is 0 Å². The molecule has 28 heavy (non-hydrogen) atoms. The molecule has 1 aliphatic rings. The lowest BCUT2D eigenvalue weighted by atomic mass is 9.97. The van der Waals surface area contributed by atoms with Crippen LogP contribution in [0, 0.1) is 0 Å². The van der Waals surface area contributed by atoms with Crippen LogP contribution in [-0.2, 0) is 4.79 Å². The Bertz CT molecular complexity index is 1060. The predicted octanol–water partition coefficient (Wildman–Crippen LogP) is 6.14. The molecule has 3 aromatic carbocycles. The van der Waals surface area contributed by atoms with Crippen LogP contribution in [-0.4, -0.2) is 16.8 Å². The lowest BCUT2D eigenvalue weighted by Gasteiger charge is -2.19. The zero-order chi connectivity index (χ0) is 19.5. The molecule has 0 bridgehead atoms. The number of nitrogens with zero attached hydrogens (tertiary/aromatic N) is 1. The van der Waals surface area contributed by atoms with Crippen LogP contribution in [0.25, 0.3) is 10.8 Å². The monoisotopic (exact) mass is 389 g/mol. The summed E-state index contributed by atoms with van der Waals surface area (Å²) in [5.41, 5.74) is 4.05. The molecule has 0 aromatic heterocycles. The lowest BCUT2D eigenvalue weighted by molar-refractivity contribution is -0.113. The van der Waals surface area contributed by atoms with Gasteiger partial charge in [0.05, 0.1) is 17.1 Å². The largest absolute Gasteiger partial charge is 0.334 e. The topological polar surface area (TPSA) is 53.5 Å². The molecule has 142 valence electrons. The molecule has 0 radical (unpaired) electrons. The molecule has 3 aromatic rings. The van der Waals surface area contributed by atoms with Gasteiger partial charge in [0.25, 0.3) is 0 Å². The van der Waals surface area contributed by atoms with E-state index in [4.69, 9.17) is 4.99 Å². The number of carbonyl (C=O) groups excluding carboxylic acids is 1. The van der Waals surface area contributed by atoms with Crippen LogP contribution in [0.1, 0.15) is 31.7 Å². The van der Waals surface area contributed by atoms with Gasteiger partial charge in [-0.15, -0.1) is 0 Å². The Morgan fingerprint density at radius 2 is 1.89 bits per heavy atom.